The average molecular weight is 452 g/mol. The van der Waals surface area contributed by atoms with Crippen LogP contribution < -0.4 is 0 Å². The largest absolute Gasteiger partial charge is 0.349 e. The Hall–Kier alpha value is -0.830. The highest BCUT2D eigenvalue weighted by Gasteiger charge is 2.06. The van der Waals surface area contributed by atoms with Crippen molar-refractivity contribution < 1.29 is 0 Å². The highest BCUT2D eigenvalue weighted by molar-refractivity contribution is 14.0. The summed E-state index contributed by atoms with van der Waals surface area (Å²) in [6, 6.07) is 3.97. The molecule has 0 unspecified atom stereocenters. The van der Waals surface area contributed by atoms with Gasteiger partial charge in [0.2, 0.25) is 0 Å². The quantitative estimate of drug-likeness (QED) is 0.400. The second-order valence-electron chi connectivity index (χ2n) is 4.75. The van der Waals surface area contributed by atoms with Gasteiger partial charge in [-0.1, -0.05) is 0 Å². The molecule has 0 aliphatic rings. The van der Waals surface area contributed by atoms with E-state index in [0.29, 0.717) is 6.54 Å². The molecule has 7 heteroatoms. The lowest BCUT2D eigenvalue weighted by Gasteiger charge is -2.22. The van der Waals surface area contributed by atoms with Gasteiger partial charge in [0.05, 0.1) is 12.2 Å². The summed E-state index contributed by atoms with van der Waals surface area (Å²) in [7, 11) is 7.94. The Morgan fingerprint density at radius 2 is 1.85 bits per heavy atom. The third kappa shape index (κ3) is 4.08. The van der Waals surface area contributed by atoms with Gasteiger partial charge in [-0.25, -0.2) is 9.98 Å². The van der Waals surface area contributed by atoms with Crippen LogP contribution in [-0.2, 0) is 6.54 Å². The van der Waals surface area contributed by atoms with Gasteiger partial charge in [0.15, 0.2) is 5.96 Å². The van der Waals surface area contributed by atoms with Gasteiger partial charge in [0, 0.05) is 45.1 Å². The predicted molar refractivity (Wildman–Crippen MR) is 96.8 cm³/mol. The number of rotatable bonds is 2. The fraction of sp³-hybridized carbons (Fsp3) is 0.385. The molecule has 0 fully saturated rings. The molecule has 2 heterocycles. The fourth-order valence-electron chi connectivity index (χ4n) is 1.93. The summed E-state index contributed by atoms with van der Waals surface area (Å²) >= 11 is 3.45. The summed E-state index contributed by atoms with van der Waals surface area (Å²) in [6.07, 6.45) is 4.00. The molecule has 0 N–H and O–H groups in total. The molecule has 0 radical (unpaired) electrons. The molecule has 2 aromatic heterocycles. The van der Waals surface area contributed by atoms with E-state index >= 15 is 0 Å². The minimum Gasteiger partial charge on any atom is -0.349 e. The first-order valence-corrected chi connectivity index (χ1v) is 6.79. The molecule has 0 saturated carbocycles. The Labute approximate surface area is 144 Å². The summed E-state index contributed by atoms with van der Waals surface area (Å²) in [5.74, 6) is 0.929. The molecule has 2 aromatic rings. The standard InChI is InChI=1S/C13H18BrN5.HI/c1-17(2)13(18(3)4)15-7-11-9-19-8-10(14)5-6-12(19)16-11;/h5-6,8-9H,7H2,1-4H3;1H. The summed E-state index contributed by atoms with van der Waals surface area (Å²) in [6.45, 7) is 0.574. The van der Waals surface area contributed by atoms with E-state index in [1.54, 1.807) is 0 Å². The third-order valence-electron chi connectivity index (χ3n) is 2.65. The molecule has 0 saturated heterocycles. The van der Waals surface area contributed by atoms with Crippen LogP contribution >= 0.6 is 39.9 Å². The summed E-state index contributed by atoms with van der Waals surface area (Å²) in [4.78, 5) is 13.1. The van der Waals surface area contributed by atoms with Crippen LogP contribution in [0, 0.1) is 0 Å². The molecule has 110 valence electrons. The molecule has 20 heavy (non-hydrogen) atoms. The number of guanidine groups is 1. The third-order valence-corrected chi connectivity index (χ3v) is 3.12. The van der Waals surface area contributed by atoms with Gasteiger partial charge in [-0.15, -0.1) is 24.0 Å². The Bertz CT molecular complexity index is 596. The van der Waals surface area contributed by atoms with Gasteiger partial charge in [0.1, 0.15) is 5.65 Å². The molecule has 0 aromatic carbocycles. The lowest BCUT2D eigenvalue weighted by atomic mass is 10.5. The van der Waals surface area contributed by atoms with E-state index in [1.807, 2.05) is 66.9 Å². The molecular formula is C13H19BrIN5. The monoisotopic (exact) mass is 451 g/mol. The van der Waals surface area contributed by atoms with Crippen LogP contribution in [0.25, 0.3) is 5.65 Å². The van der Waals surface area contributed by atoms with Crippen LogP contribution in [0.1, 0.15) is 5.69 Å². The molecule has 0 aliphatic carbocycles. The number of aliphatic imine (C=N–C) groups is 1. The molecular weight excluding hydrogens is 433 g/mol. The number of aromatic nitrogens is 2. The number of nitrogens with zero attached hydrogens (tertiary/aromatic N) is 5. The highest BCUT2D eigenvalue weighted by Crippen LogP contribution is 2.13. The van der Waals surface area contributed by atoms with E-state index in [-0.39, 0.29) is 24.0 Å². The Kier molecular flexibility index (Phi) is 6.25. The minimum absolute atomic E-state index is 0. The van der Waals surface area contributed by atoms with Crippen LogP contribution in [0.4, 0.5) is 0 Å². The van der Waals surface area contributed by atoms with Crippen LogP contribution in [0.2, 0.25) is 0 Å². The SMILES string of the molecule is CN(C)C(=NCc1cn2cc(Br)ccc2n1)N(C)C.I. The lowest BCUT2D eigenvalue weighted by molar-refractivity contribution is 0.479. The average Bonchev–Trinajstić information content (AvgIpc) is 2.70. The van der Waals surface area contributed by atoms with Crippen LogP contribution in [0.5, 0.6) is 0 Å². The Morgan fingerprint density at radius 1 is 1.20 bits per heavy atom. The van der Waals surface area contributed by atoms with Crippen molar-refractivity contribution in [1.29, 1.82) is 0 Å². The lowest BCUT2D eigenvalue weighted by Crippen LogP contribution is -2.35. The van der Waals surface area contributed by atoms with Crippen molar-refractivity contribution in [1.82, 2.24) is 19.2 Å². The minimum atomic E-state index is 0. The fourth-order valence-corrected chi connectivity index (χ4v) is 2.28. The zero-order valence-electron chi connectivity index (χ0n) is 12.0. The van der Waals surface area contributed by atoms with Gasteiger partial charge in [-0.05, 0) is 28.1 Å². The van der Waals surface area contributed by atoms with Gasteiger partial charge in [-0.3, -0.25) is 0 Å². The van der Waals surface area contributed by atoms with Gasteiger partial charge < -0.3 is 14.2 Å². The molecule has 5 nitrogen and oxygen atoms in total. The summed E-state index contributed by atoms with van der Waals surface area (Å²) < 4.78 is 3.04. The van der Waals surface area contributed by atoms with E-state index in [2.05, 4.69) is 25.9 Å². The number of halogens is 2. The van der Waals surface area contributed by atoms with E-state index in [9.17, 15) is 0 Å². The first-order chi connectivity index (χ1) is 8.97. The van der Waals surface area contributed by atoms with Crippen molar-refractivity contribution in [2.45, 2.75) is 6.54 Å². The molecule has 0 bridgehead atoms. The smallest absolute Gasteiger partial charge is 0.195 e. The van der Waals surface area contributed by atoms with Crippen molar-refractivity contribution in [2.75, 3.05) is 28.2 Å². The van der Waals surface area contributed by atoms with Crippen molar-refractivity contribution in [3.63, 3.8) is 0 Å². The summed E-state index contributed by atoms with van der Waals surface area (Å²) in [5.41, 5.74) is 1.89. The van der Waals surface area contributed by atoms with Crippen molar-refractivity contribution in [3.8, 4) is 0 Å². The van der Waals surface area contributed by atoms with E-state index < -0.39 is 0 Å². The normalized spacial score (nSPS) is 10.1. The number of pyridine rings is 1. The summed E-state index contributed by atoms with van der Waals surface area (Å²) in [5, 5.41) is 0. The van der Waals surface area contributed by atoms with E-state index in [4.69, 9.17) is 0 Å². The van der Waals surface area contributed by atoms with E-state index in [1.165, 1.54) is 0 Å². The molecule has 2 rings (SSSR count). The maximum atomic E-state index is 4.59. The maximum Gasteiger partial charge on any atom is 0.195 e. The maximum absolute atomic E-state index is 4.59. The molecule has 0 aliphatic heterocycles. The van der Waals surface area contributed by atoms with Crippen molar-refractivity contribution in [2.24, 2.45) is 4.99 Å². The highest BCUT2D eigenvalue weighted by atomic mass is 127. The molecule has 0 spiro atoms. The number of fused-ring (bicyclic) bond motifs is 1. The van der Waals surface area contributed by atoms with Gasteiger partial charge in [-0.2, -0.15) is 0 Å². The van der Waals surface area contributed by atoms with E-state index in [0.717, 1.165) is 21.8 Å². The van der Waals surface area contributed by atoms with Crippen LogP contribution in [0.15, 0.2) is 34.0 Å². The number of hydrogen-bond acceptors (Lipinski definition) is 2. The zero-order valence-corrected chi connectivity index (χ0v) is 16.0. The number of hydrogen-bond donors (Lipinski definition) is 0. The second kappa shape index (κ2) is 7.26. The second-order valence-corrected chi connectivity index (χ2v) is 5.67. The Morgan fingerprint density at radius 3 is 2.45 bits per heavy atom. The molecule has 0 atom stereocenters. The predicted octanol–water partition coefficient (Wildman–Crippen LogP) is 2.69. The Balaban J connectivity index is 0.00000200. The van der Waals surface area contributed by atoms with Crippen molar-refractivity contribution in [3.05, 3.63) is 34.7 Å². The van der Waals surface area contributed by atoms with Crippen molar-refractivity contribution >= 4 is 51.5 Å². The first kappa shape index (κ1) is 17.2. The van der Waals surface area contributed by atoms with Gasteiger partial charge >= 0.3 is 0 Å². The molecule has 0 amide bonds. The first-order valence-electron chi connectivity index (χ1n) is 5.99. The van der Waals surface area contributed by atoms with Gasteiger partial charge in [0.25, 0.3) is 0 Å². The topological polar surface area (TPSA) is 36.1 Å². The van der Waals surface area contributed by atoms with Crippen LogP contribution in [-0.4, -0.2) is 53.3 Å². The van der Waals surface area contributed by atoms with Crippen LogP contribution in [0.3, 0.4) is 0 Å². The number of imidazole rings is 1. The zero-order chi connectivity index (χ0) is 14.0.